The molecule has 2 aromatic rings. The summed E-state index contributed by atoms with van der Waals surface area (Å²) in [6, 6.07) is 7.95. The van der Waals surface area contributed by atoms with Crippen molar-refractivity contribution in [3.8, 4) is 5.75 Å². The summed E-state index contributed by atoms with van der Waals surface area (Å²) in [6.45, 7) is 0. The van der Waals surface area contributed by atoms with Gasteiger partial charge in [-0.1, -0.05) is 17.7 Å². The first kappa shape index (κ1) is 13.8. The monoisotopic (exact) mass is 284 g/mol. The van der Waals surface area contributed by atoms with Crippen LogP contribution in [0.25, 0.3) is 0 Å². The van der Waals surface area contributed by atoms with Crippen molar-refractivity contribution in [2.45, 2.75) is 6.10 Å². The molecular weight excluding hydrogens is 274 g/mol. The second kappa shape index (κ2) is 5.55. The second-order valence-corrected chi connectivity index (χ2v) is 4.40. The number of aliphatic hydroxyl groups excluding tert-OH is 1. The molecule has 100 valence electrons. The molecule has 0 saturated heterocycles. The van der Waals surface area contributed by atoms with Crippen molar-refractivity contribution in [3.63, 3.8) is 0 Å². The Labute approximate surface area is 114 Å². The van der Waals surface area contributed by atoms with Crippen molar-refractivity contribution in [2.24, 2.45) is 0 Å². The molecule has 1 unspecified atom stereocenters. The number of rotatable bonds is 3. The first-order chi connectivity index (χ1) is 9.02. The highest BCUT2D eigenvalue weighted by molar-refractivity contribution is 6.30. The van der Waals surface area contributed by atoms with E-state index < -0.39 is 17.7 Å². The standard InChI is InChI=1S/C14H11ClF2O2/c1-19-13-5-3-9(15)7-10(13)14(18)8-2-4-11(16)12(17)6-8/h2-7,14,18H,1H3. The Morgan fingerprint density at radius 2 is 1.84 bits per heavy atom. The molecule has 0 aliphatic heterocycles. The van der Waals surface area contributed by atoms with Crippen LogP contribution in [0.5, 0.6) is 5.75 Å². The zero-order chi connectivity index (χ0) is 14.0. The van der Waals surface area contributed by atoms with Gasteiger partial charge in [-0.2, -0.15) is 0 Å². The van der Waals surface area contributed by atoms with Gasteiger partial charge in [0.2, 0.25) is 0 Å². The fraction of sp³-hybridized carbons (Fsp3) is 0.143. The van der Waals surface area contributed by atoms with E-state index in [4.69, 9.17) is 16.3 Å². The number of methoxy groups -OCH3 is 1. The second-order valence-electron chi connectivity index (χ2n) is 3.96. The van der Waals surface area contributed by atoms with E-state index in [1.807, 2.05) is 0 Å². The maximum Gasteiger partial charge on any atom is 0.159 e. The van der Waals surface area contributed by atoms with Crippen molar-refractivity contribution >= 4 is 11.6 Å². The summed E-state index contributed by atoms with van der Waals surface area (Å²) in [5.41, 5.74) is 0.612. The zero-order valence-electron chi connectivity index (χ0n) is 10.0. The number of aliphatic hydroxyl groups is 1. The molecule has 0 heterocycles. The maximum atomic E-state index is 13.2. The fourth-order valence-electron chi connectivity index (χ4n) is 1.78. The minimum Gasteiger partial charge on any atom is -0.496 e. The highest BCUT2D eigenvalue weighted by Gasteiger charge is 2.17. The molecule has 2 rings (SSSR count). The van der Waals surface area contributed by atoms with Gasteiger partial charge in [0.25, 0.3) is 0 Å². The Balaban J connectivity index is 2.45. The van der Waals surface area contributed by atoms with Crippen molar-refractivity contribution in [3.05, 3.63) is 64.2 Å². The normalized spacial score (nSPS) is 12.3. The van der Waals surface area contributed by atoms with Crippen LogP contribution in [0.1, 0.15) is 17.2 Å². The molecule has 0 aliphatic rings. The Kier molecular flexibility index (Phi) is 4.02. The molecule has 0 radical (unpaired) electrons. The van der Waals surface area contributed by atoms with E-state index >= 15 is 0 Å². The third-order valence-electron chi connectivity index (χ3n) is 2.75. The van der Waals surface area contributed by atoms with Crippen LogP contribution in [0.4, 0.5) is 8.78 Å². The molecule has 1 atom stereocenters. The lowest BCUT2D eigenvalue weighted by molar-refractivity contribution is 0.214. The minimum atomic E-state index is -1.15. The topological polar surface area (TPSA) is 29.5 Å². The minimum absolute atomic E-state index is 0.222. The molecule has 1 N–H and O–H groups in total. The molecule has 0 amide bonds. The first-order valence-corrected chi connectivity index (χ1v) is 5.87. The fourth-order valence-corrected chi connectivity index (χ4v) is 1.96. The number of ether oxygens (including phenoxy) is 1. The lowest BCUT2D eigenvalue weighted by Gasteiger charge is -2.15. The number of hydrogen-bond acceptors (Lipinski definition) is 2. The molecule has 2 aromatic carbocycles. The largest absolute Gasteiger partial charge is 0.496 e. The summed E-state index contributed by atoms with van der Waals surface area (Å²) < 4.78 is 31.2. The SMILES string of the molecule is COc1ccc(Cl)cc1C(O)c1ccc(F)c(F)c1. The van der Waals surface area contributed by atoms with Crippen molar-refractivity contribution < 1.29 is 18.6 Å². The van der Waals surface area contributed by atoms with E-state index in [0.29, 0.717) is 16.3 Å². The van der Waals surface area contributed by atoms with Gasteiger partial charge in [-0.25, -0.2) is 8.78 Å². The van der Waals surface area contributed by atoms with Gasteiger partial charge in [-0.3, -0.25) is 0 Å². The van der Waals surface area contributed by atoms with E-state index in [1.54, 1.807) is 12.1 Å². The van der Waals surface area contributed by atoms with Crippen LogP contribution >= 0.6 is 11.6 Å². The lowest BCUT2D eigenvalue weighted by atomic mass is 10.0. The van der Waals surface area contributed by atoms with Gasteiger partial charge in [0.15, 0.2) is 11.6 Å². The third-order valence-corrected chi connectivity index (χ3v) is 2.98. The molecule has 0 fully saturated rings. The van der Waals surface area contributed by atoms with Crippen molar-refractivity contribution in [1.82, 2.24) is 0 Å². The predicted molar refractivity (Wildman–Crippen MR) is 68.4 cm³/mol. The van der Waals surface area contributed by atoms with Gasteiger partial charge in [0, 0.05) is 10.6 Å². The van der Waals surface area contributed by atoms with Gasteiger partial charge in [0.05, 0.1) is 7.11 Å². The van der Waals surface area contributed by atoms with Crippen LogP contribution in [0.2, 0.25) is 5.02 Å². The Morgan fingerprint density at radius 3 is 2.47 bits per heavy atom. The van der Waals surface area contributed by atoms with Crippen LogP contribution in [0.15, 0.2) is 36.4 Å². The molecule has 5 heteroatoms. The molecule has 0 aliphatic carbocycles. The van der Waals surface area contributed by atoms with Crippen LogP contribution in [-0.4, -0.2) is 12.2 Å². The smallest absolute Gasteiger partial charge is 0.159 e. The highest BCUT2D eigenvalue weighted by atomic mass is 35.5. The summed E-state index contributed by atoms with van der Waals surface area (Å²) in [4.78, 5) is 0. The molecule has 0 saturated carbocycles. The van der Waals surface area contributed by atoms with E-state index in [1.165, 1.54) is 19.2 Å². The van der Waals surface area contributed by atoms with Crippen LogP contribution in [0, 0.1) is 11.6 Å². The van der Waals surface area contributed by atoms with Gasteiger partial charge in [-0.15, -0.1) is 0 Å². The quantitative estimate of drug-likeness (QED) is 0.931. The van der Waals surface area contributed by atoms with Crippen molar-refractivity contribution in [2.75, 3.05) is 7.11 Å². The van der Waals surface area contributed by atoms with E-state index in [0.717, 1.165) is 12.1 Å². The molecule has 0 bridgehead atoms. The summed E-state index contributed by atoms with van der Waals surface area (Å²) >= 11 is 5.86. The molecule has 0 spiro atoms. The number of halogens is 3. The van der Waals surface area contributed by atoms with Crippen LogP contribution in [-0.2, 0) is 0 Å². The van der Waals surface area contributed by atoms with Gasteiger partial charge in [-0.05, 0) is 35.9 Å². The van der Waals surface area contributed by atoms with Gasteiger partial charge < -0.3 is 9.84 Å². The third kappa shape index (κ3) is 2.85. The van der Waals surface area contributed by atoms with Gasteiger partial charge in [0.1, 0.15) is 11.9 Å². The lowest BCUT2D eigenvalue weighted by Crippen LogP contribution is -2.03. The van der Waals surface area contributed by atoms with E-state index in [-0.39, 0.29) is 5.56 Å². The number of hydrogen-bond donors (Lipinski definition) is 1. The van der Waals surface area contributed by atoms with Crippen LogP contribution < -0.4 is 4.74 Å². The average Bonchev–Trinajstić information content (AvgIpc) is 2.41. The highest BCUT2D eigenvalue weighted by Crippen LogP contribution is 2.32. The van der Waals surface area contributed by atoms with Crippen LogP contribution in [0.3, 0.4) is 0 Å². The molecule has 0 aromatic heterocycles. The number of benzene rings is 2. The zero-order valence-corrected chi connectivity index (χ0v) is 10.8. The Morgan fingerprint density at radius 1 is 1.11 bits per heavy atom. The van der Waals surface area contributed by atoms with E-state index in [9.17, 15) is 13.9 Å². The molecule has 19 heavy (non-hydrogen) atoms. The summed E-state index contributed by atoms with van der Waals surface area (Å²) in [5, 5.41) is 10.6. The first-order valence-electron chi connectivity index (χ1n) is 5.49. The van der Waals surface area contributed by atoms with E-state index in [2.05, 4.69) is 0 Å². The molecular formula is C14H11ClF2O2. The summed E-state index contributed by atoms with van der Waals surface area (Å²) in [5.74, 6) is -1.56. The predicted octanol–water partition coefficient (Wildman–Crippen LogP) is 3.71. The van der Waals surface area contributed by atoms with Crippen molar-refractivity contribution in [1.29, 1.82) is 0 Å². The summed E-state index contributed by atoms with van der Waals surface area (Å²) in [7, 11) is 1.45. The average molecular weight is 285 g/mol. The molecule has 2 nitrogen and oxygen atoms in total. The van der Waals surface area contributed by atoms with Gasteiger partial charge >= 0.3 is 0 Å². The Hall–Kier alpha value is -1.65. The summed E-state index contributed by atoms with van der Waals surface area (Å²) in [6.07, 6.45) is -1.15. The Bertz CT molecular complexity index is 602. The maximum absolute atomic E-state index is 13.2.